The van der Waals surface area contributed by atoms with Gasteiger partial charge < -0.3 is 5.32 Å². The van der Waals surface area contributed by atoms with Crippen molar-refractivity contribution in [2.45, 2.75) is 38.1 Å². The molecule has 2 heteroatoms. The molecule has 0 unspecified atom stereocenters. The van der Waals surface area contributed by atoms with Crippen LogP contribution in [-0.2, 0) is 4.79 Å². The van der Waals surface area contributed by atoms with E-state index < -0.39 is 0 Å². The first-order valence-corrected chi connectivity index (χ1v) is 4.50. The highest BCUT2D eigenvalue weighted by atomic mass is 16.1. The van der Waals surface area contributed by atoms with Gasteiger partial charge in [0.05, 0.1) is 0 Å². The van der Waals surface area contributed by atoms with E-state index in [4.69, 9.17) is 6.42 Å². The first kappa shape index (κ1) is 9.12. The van der Waals surface area contributed by atoms with E-state index in [-0.39, 0.29) is 0 Å². The lowest BCUT2D eigenvalue weighted by molar-refractivity contribution is -0.110. The monoisotopic (exact) mass is 165 g/mol. The molecule has 1 aliphatic carbocycles. The van der Waals surface area contributed by atoms with E-state index in [1.807, 2.05) is 0 Å². The molecule has 2 nitrogen and oxygen atoms in total. The molecule has 66 valence electrons. The highest BCUT2D eigenvalue weighted by molar-refractivity contribution is 5.46. The van der Waals surface area contributed by atoms with Crippen LogP contribution in [0.1, 0.15) is 32.1 Å². The van der Waals surface area contributed by atoms with Gasteiger partial charge >= 0.3 is 0 Å². The fourth-order valence-electron chi connectivity index (χ4n) is 1.80. The molecule has 1 rings (SSSR count). The zero-order valence-electron chi connectivity index (χ0n) is 7.25. The molecule has 1 amide bonds. The zero-order chi connectivity index (χ0) is 8.81. The third-order valence-electron chi connectivity index (χ3n) is 2.56. The van der Waals surface area contributed by atoms with Gasteiger partial charge in [-0.25, -0.2) is 0 Å². The molecule has 0 aromatic carbocycles. The van der Waals surface area contributed by atoms with Crippen LogP contribution in [0.5, 0.6) is 0 Å². The van der Waals surface area contributed by atoms with Gasteiger partial charge in [0, 0.05) is 12.5 Å². The summed E-state index contributed by atoms with van der Waals surface area (Å²) in [4.78, 5) is 10.1. The van der Waals surface area contributed by atoms with Crippen LogP contribution in [0.3, 0.4) is 0 Å². The van der Waals surface area contributed by atoms with Crippen molar-refractivity contribution in [3.8, 4) is 12.3 Å². The number of terminal acetylenes is 1. The molecule has 1 fully saturated rings. The number of carbonyl (C=O) groups is 1. The summed E-state index contributed by atoms with van der Waals surface area (Å²) in [5, 5.41) is 2.81. The first-order valence-electron chi connectivity index (χ1n) is 4.50. The summed E-state index contributed by atoms with van der Waals surface area (Å²) in [5.41, 5.74) is 0. The van der Waals surface area contributed by atoms with Gasteiger partial charge in [0.2, 0.25) is 6.41 Å². The van der Waals surface area contributed by atoms with Gasteiger partial charge in [0.1, 0.15) is 0 Å². The lowest BCUT2D eigenvalue weighted by Crippen LogP contribution is -2.31. The van der Waals surface area contributed by atoms with Crippen LogP contribution in [0, 0.1) is 18.3 Å². The summed E-state index contributed by atoms with van der Waals surface area (Å²) in [6, 6.07) is 0.400. The van der Waals surface area contributed by atoms with Crippen molar-refractivity contribution in [3.63, 3.8) is 0 Å². The van der Waals surface area contributed by atoms with Crippen LogP contribution in [0.15, 0.2) is 0 Å². The van der Waals surface area contributed by atoms with Gasteiger partial charge in [-0.05, 0) is 31.6 Å². The Morgan fingerprint density at radius 3 is 2.58 bits per heavy atom. The normalized spacial score (nSPS) is 28.9. The molecular formula is C10H15NO. The lowest BCUT2D eigenvalue weighted by Gasteiger charge is -2.26. The van der Waals surface area contributed by atoms with Crippen molar-refractivity contribution >= 4 is 6.41 Å². The zero-order valence-corrected chi connectivity index (χ0v) is 7.25. The molecule has 0 atom stereocenters. The van der Waals surface area contributed by atoms with Gasteiger partial charge in [-0.1, -0.05) is 0 Å². The Kier molecular flexibility index (Phi) is 3.66. The Balaban J connectivity index is 2.21. The van der Waals surface area contributed by atoms with Crippen molar-refractivity contribution in [1.29, 1.82) is 0 Å². The van der Waals surface area contributed by atoms with Crippen molar-refractivity contribution in [1.82, 2.24) is 5.32 Å². The topological polar surface area (TPSA) is 29.1 Å². The van der Waals surface area contributed by atoms with Gasteiger partial charge in [-0.3, -0.25) is 4.79 Å². The minimum atomic E-state index is 0.400. The van der Waals surface area contributed by atoms with Crippen LogP contribution >= 0.6 is 0 Å². The maximum absolute atomic E-state index is 10.1. The molecule has 0 saturated heterocycles. The Bertz CT molecular complexity index is 175. The number of nitrogens with one attached hydrogen (secondary N) is 1. The van der Waals surface area contributed by atoms with Gasteiger partial charge in [0.25, 0.3) is 0 Å². The SMILES string of the molecule is C#CCC1CCC(NC=O)CC1. The molecule has 12 heavy (non-hydrogen) atoms. The lowest BCUT2D eigenvalue weighted by atomic mass is 9.84. The Hall–Kier alpha value is -0.970. The second kappa shape index (κ2) is 4.82. The Morgan fingerprint density at radius 1 is 1.42 bits per heavy atom. The minimum Gasteiger partial charge on any atom is -0.356 e. The molecule has 1 N–H and O–H groups in total. The number of rotatable bonds is 3. The van der Waals surface area contributed by atoms with E-state index in [0.29, 0.717) is 12.0 Å². The molecule has 0 radical (unpaired) electrons. The van der Waals surface area contributed by atoms with Gasteiger partial charge in [-0.2, -0.15) is 0 Å². The Morgan fingerprint density at radius 2 is 2.08 bits per heavy atom. The van der Waals surface area contributed by atoms with E-state index in [1.165, 1.54) is 0 Å². The van der Waals surface area contributed by atoms with Crippen molar-refractivity contribution < 1.29 is 4.79 Å². The van der Waals surface area contributed by atoms with Crippen LogP contribution in [0.4, 0.5) is 0 Å². The maximum Gasteiger partial charge on any atom is 0.207 e. The standard InChI is InChI=1S/C10H15NO/c1-2-3-9-4-6-10(7-5-9)11-8-12/h1,8-10H,3-7H2,(H,11,12). The number of amides is 1. The van der Waals surface area contributed by atoms with Crippen molar-refractivity contribution in [3.05, 3.63) is 0 Å². The molecule has 0 bridgehead atoms. The van der Waals surface area contributed by atoms with Crippen LogP contribution in [0.25, 0.3) is 0 Å². The fourth-order valence-corrected chi connectivity index (χ4v) is 1.80. The third kappa shape index (κ3) is 2.58. The largest absolute Gasteiger partial charge is 0.356 e. The smallest absolute Gasteiger partial charge is 0.207 e. The summed E-state index contributed by atoms with van der Waals surface area (Å²) in [6.07, 6.45) is 11.4. The second-order valence-corrected chi connectivity index (χ2v) is 3.41. The molecule has 0 aromatic rings. The third-order valence-corrected chi connectivity index (χ3v) is 2.56. The number of hydrogen-bond donors (Lipinski definition) is 1. The van der Waals surface area contributed by atoms with Gasteiger partial charge in [0.15, 0.2) is 0 Å². The predicted octanol–water partition coefficient (Wildman–Crippen LogP) is 1.31. The summed E-state index contributed by atoms with van der Waals surface area (Å²) in [5.74, 6) is 3.39. The van der Waals surface area contributed by atoms with E-state index in [2.05, 4.69) is 11.2 Å². The van der Waals surface area contributed by atoms with E-state index in [1.54, 1.807) is 0 Å². The summed E-state index contributed by atoms with van der Waals surface area (Å²) >= 11 is 0. The average Bonchev–Trinajstić information content (AvgIpc) is 2.09. The van der Waals surface area contributed by atoms with Gasteiger partial charge in [-0.15, -0.1) is 12.3 Å². The quantitative estimate of drug-likeness (QED) is 0.496. The predicted molar refractivity (Wildman–Crippen MR) is 48.4 cm³/mol. The second-order valence-electron chi connectivity index (χ2n) is 3.41. The highest BCUT2D eigenvalue weighted by Gasteiger charge is 2.19. The first-order chi connectivity index (χ1) is 5.86. The molecule has 0 spiro atoms. The molecule has 0 heterocycles. The minimum absolute atomic E-state index is 0.400. The molecule has 0 aliphatic heterocycles. The summed E-state index contributed by atoms with van der Waals surface area (Å²) in [7, 11) is 0. The molecule has 1 saturated carbocycles. The molecule has 0 aromatic heterocycles. The van der Waals surface area contributed by atoms with E-state index in [9.17, 15) is 4.79 Å². The van der Waals surface area contributed by atoms with Crippen molar-refractivity contribution in [2.75, 3.05) is 0 Å². The number of hydrogen-bond acceptors (Lipinski definition) is 1. The summed E-state index contributed by atoms with van der Waals surface area (Å²) < 4.78 is 0. The fraction of sp³-hybridized carbons (Fsp3) is 0.700. The van der Waals surface area contributed by atoms with Crippen LogP contribution < -0.4 is 5.32 Å². The van der Waals surface area contributed by atoms with Crippen LogP contribution in [-0.4, -0.2) is 12.5 Å². The Labute approximate surface area is 73.7 Å². The van der Waals surface area contributed by atoms with E-state index in [0.717, 1.165) is 38.5 Å². The average molecular weight is 165 g/mol. The molecular weight excluding hydrogens is 150 g/mol. The van der Waals surface area contributed by atoms with Crippen molar-refractivity contribution in [2.24, 2.45) is 5.92 Å². The maximum atomic E-state index is 10.1. The number of carbonyl (C=O) groups excluding carboxylic acids is 1. The summed E-state index contributed by atoms with van der Waals surface area (Å²) in [6.45, 7) is 0. The van der Waals surface area contributed by atoms with Crippen LogP contribution in [0.2, 0.25) is 0 Å². The highest BCUT2D eigenvalue weighted by Crippen LogP contribution is 2.25. The molecule has 1 aliphatic rings. The van der Waals surface area contributed by atoms with E-state index >= 15 is 0 Å².